The first-order chi connectivity index (χ1) is 14.5. The fourth-order valence-electron chi connectivity index (χ4n) is 4.14. The predicted molar refractivity (Wildman–Crippen MR) is 123 cm³/mol. The first kappa shape index (κ1) is 22.3. The van der Waals surface area contributed by atoms with Crippen LogP contribution in [0.1, 0.15) is 72.0 Å². The third kappa shape index (κ3) is 5.59. The van der Waals surface area contributed by atoms with Gasteiger partial charge >= 0.3 is 0 Å². The molecule has 1 aliphatic heterocycles. The number of carbonyl (C=O) groups is 1. The van der Waals surface area contributed by atoms with Crippen LogP contribution in [-0.2, 0) is 6.42 Å². The molecule has 162 valence electrons. The predicted octanol–water partition coefficient (Wildman–Crippen LogP) is 4.88. The highest BCUT2D eigenvalue weighted by molar-refractivity contribution is 5.94. The maximum absolute atomic E-state index is 13.1. The van der Waals surface area contributed by atoms with Gasteiger partial charge < -0.3 is 9.80 Å². The summed E-state index contributed by atoms with van der Waals surface area (Å²) in [5, 5.41) is 0. The number of anilines is 1. The molecule has 3 rings (SSSR count). The molecule has 0 aliphatic carbocycles. The maximum atomic E-state index is 13.1. The van der Waals surface area contributed by atoms with E-state index in [1.165, 1.54) is 31.2 Å². The van der Waals surface area contributed by atoms with Crippen LogP contribution in [0.3, 0.4) is 0 Å². The van der Waals surface area contributed by atoms with Gasteiger partial charge in [-0.25, -0.2) is 9.97 Å². The lowest BCUT2D eigenvalue weighted by atomic mass is 10.0. The highest BCUT2D eigenvalue weighted by Gasteiger charge is 2.22. The van der Waals surface area contributed by atoms with E-state index in [2.05, 4.69) is 40.8 Å². The molecule has 2 aromatic rings. The van der Waals surface area contributed by atoms with Crippen molar-refractivity contribution in [3.63, 3.8) is 0 Å². The summed E-state index contributed by atoms with van der Waals surface area (Å²) in [6.07, 6.45) is 7.12. The topological polar surface area (TPSA) is 49.3 Å². The highest BCUT2D eigenvalue weighted by atomic mass is 16.2. The molecule has 0 bridgehead atoms. The van der Waals surface area contributed by atoms with Crippen molar-refractivity contribution in [2.45, 2.75) is 66.2 Å². The van der Waals surface area contributed by atoms with Gasteiger partial charge in [-0.05, 0) is 57.7 Å². The summed E-state index contributed by atoms with van der Waals surface area (Å²) < 4.78 is 0. The number of amides is 1. The molecule has 5 heteroatoms. The van der Waals surface area contributed by atoms with Gasteiger partial charge in [-0.15, -0.1) is 0 Å². The molecule has 1 fully saturated rings. The standard InChI is InChI=1S/C25H36N4O/c1-5-6-7-8-10-22-11-13-23(14-12-22)25(30)29-16-9-15-28(17-18-29)24-19(2)20(3)26-21(4)27-24/h11-14H,5-10,15-18H2,1-4H3. The van der Waals surface area contributed by atoms with Crippen molar-refractivity contribution in [3.8, 4) is 0 Å². The molecule has 30 heavy (non-hydrogen) atoms. The van der Waals surface area contributed by atoms with Crippen molar-refractivity contribution in [1.82, 2.24) is 14.9 Å². The lowest BCUT2D eigenvalue weighted by Gasteiger charge is -2.25. The van der Waals surface area contributed by atoms with E-state index in [-0.39, 0.29) is 5.91 Å². The number of carbonyl (C=O) groups excluding carboxylic acids is 1. The van der Waals surface area contributed by atoms with Gasteiger partial charge in [-0.2, -0.15) is 0 Å². The van der Waals surface area contributed by atoms with Gasteiger partial charge in [0.05, 0.1) is 0 Å². The molecule has 1 amide bonds. The van der Waals surface area contributed by atoms with Gasteiger partial charge in [-0.3, -0.25) is 4.79 Å². The van der Waals surface area contributed by atoms with E-state index < -0.39 is 0 Å². The summed E-state index contributed by atoms with van der Waals surface area (Å²) in [5.41, 5.74) is 4.29. The summed E-state index contributed by atoms with van der Waals surface area (Å²) in [5.74, 6) is 1.96. The molecular weight excluding hydrogens is 372 g/mol. The Balaban J connectivity index is 1.60. The van der Waals surface area contributed by atoms with Crippen molar-refractivity contribution in [3.05, 3.63) is 52.5 Å². The fraction of sp³-hybridized carbons (Fsp3) is 0.560. The third-order valence-electron chi connectivity index (χ3n) is 6.08. The smallest absolute Gasteiger partial charge is 0.253 e. The summed E-state index contributed by atoms with van der Waals surface area (Å²) in [6, 6.07) is 8.25. The van der Waals surface area contributed by atoms with E-state index in [1.807, 2.05) is 30.9 Å². The molecule has 0 unspecified atom stereocenters. The molecule has 0 radical (unpaired) electrons. The largest absolute Gasteiger partial charge is 0.354 e. The Bertz CT molecular complexity index is 847. The monoisotopic (exact) mass is 408 g/mol. The van der Waals surface area contributed by atoms with Crippen molar-refractivity contribution in [2.24, 2.45) is 0 Å². The first-order valence-corrected chi connectivity index (χ1v) is 11.4. The minimum Gasteiger partial charge on any atom is -0.354 e. The minimum atomic E-state index is 0.140. The fourth-order valence-corrected chi connectivity index (χ4v) is 4.14. The zero-order valence-electron chi connectivity index (χ0n) is 19.1. The first-order valence-electron chi connectivity index (χ1n) is 11.4. The SMILES string of the molecule is CCCCCCc1ccc(C(=O)N2CCCN(c3nc(C)nc(C)c3C)CC2)cc1. The molecule has 0 saturated carbocycles. The van der Waals surface area contributed by atoms with E-state index in [0.29, 0.717) is 0 Å². The molecule has 0 atom stereocenters. The van der Waals surface area contributed by atoms with Crippen molar-refractivity contribution < 1.29 is 4.79 Å². The zero-order chi connectivity index (χ0) is 21.5. The molecule has 5 nitrogen and oxygen atoms in total. The van der Waals surface area contributed by atoms with Gasteiger partial charge in [0.15, 0.2) is 0 Å². The maximum Gasteiger partial charge on any atom is 0.253 e. The molecule has 2 heterocycles. The number of benzene rings is 1. The van der Waals surface area contributed by atoms with E-state index in [9.17, 15) is 4.79 Å². The second-order valence-corrected chi connectivity index (χ2v) is 8.45. The second-order valence-electron chi connectivity index (χ2n) is 8.45. The number of aromatic nitrogens is 2. The Morgan fingerprint density at radius 3 is 2.43 bits per heavy atom. The highest BCUT2D eigenvalue weighted by Crippen LogP contribution is 2.21. The molecule has 1 saturated heterocycles. The van der Waals surface area contributed by atoms with Crippen molar-refractivity contribution in [1.29, 1.82) is 0 Å². The van der Waals surface area contributed by atoms with Crippen LogP contribution in [0, 0.1) is 20.8 Å². The summed E-state index contributed by atoms with van der Waals surface area (Å²) in [7, 11) is 0. The number of nitrogens with zero attached hydrogens (tertiary/aromatic N) is 4. The normalized spacial score (nSPS) is 14.7. The van der Waals surface area contributed by atoms with Crippen LogP contribution in [-0.4, -0.2) is 47.0 Å². The van der Waals surface area contributed by atoms with Crippen LogP contribution in [0.25, 0.3) is 0 Å². The van der Waals surface area contributed by atoms with Crippen molar-refractivity contribution >= 4 is 11.7 Å². The Morgan fingerprint density at radius 1 is 0.933 bits per heavy atom. The third-order valence-corrected chi connectivity index (χ3v) is 6.08. The minimum absolute atomic E-state index is 0.140. The number of hydrogen-bond donors (Lipinski definition) is 0. The Morgan fingerprint density at radius 2 is 1.70 bits per heavy atom. The van der Waals surface area contributed by atoms with Gasteiger partial charge in [-0.1, -0.05) is 38.3 Å². The molecular formula is C25H36N4O. The Hall–Kier alpha value is -2.43. The molecule has 1 aliphatic rings. The van der Waals surface area contributed by atoms with E-state index in [4.69, 9.17) is 0 Å². The number of aryl methyl sites for hydroxylation is 3. The Kier molecular flexibility index (Phi) is 7.83. The number of unbranched alkanes of at least 4 members (excludes halogenated alkanes) is 3. The van der Waals surface area contributed by atoms with Gasteiger partial charge in [0.1, 0.15) is 11.6 Å². The summed E-state index contributed by atoms with van der Waals surface area (Å²) >= 11 is 0. The van der Waals surface area contributed by atoms with Crippen molar-refractivity contribution in [2.75, 3.05) is 31.1 Å². The zero-order valence-corrected chi connectivity index (χ0v) is 19.1. The Labute approximate surface area is 181 Å². The van der Waals surface area contributed by atoms with E-state index in [1.54, 1.807) is 0 Å². The van der Waals surface area contributed by atoms with Crippen LogP contribution < -0.4 is 4.90 Å². The van der Waals surface area contributed by atoms with Gasteiger partial charge in [0, 0.05) is 43.0 Å². The van der Waals surface area contributed by atoms with Gasteiger partial charge in [0.25, 0.3) is 5.91 Å². The van der Waals surface area contributed by atoms with Crippen LogP contribution in [0.5, 0.6) is 0 Å². The average molecular weight is 409 g/mol. The quantitative estimate of drug-likeness (QED) is 0.613. The number of rotatable bonds is 7. The number of hydrogen-bond acceptors (Lipinski definition) is 4. The molecule has 0 N–H and O–H groups in total. The lowest BCUT2D eigenvalue weighted by molar-refractivity contribution is 0.0767. The van der Waals surface area contributed by atoms with Crippen LogP contribution in [0.2, 0.25) is 0 Å². The lowest BCUT2D eigenvalue weighted by Crippen LogP contribution is -2.35. The average Bonchev–Trinajstić information content (AvgIpc) is 3.00. The van der Waals surface area contributed by atoms with Crippen LogP contribution >= 0.6 is 0 Å². The summed E-state index contributed by atoms with van der Waals surface area (Å²) in [4.78, 5) is 26.5. The molecule has 1 aromatic heterocycles. The van der Waals surface area contributed by atoms with Crippen LogP contribution in [0.4, 0.5) is 5.82 Å². The van der Waals surface area contributed by atoms with Gasteiger partial charge in [0.2, 0.25) is 0 Å². The molecule has 1 aromatic carbocycles. The summed E-state index contributed by atoms with van der Waals surface area (Å²) in [6.45, 7) is 11.5. The van der Waals surface area contributed by atoms with E-state index in [0.717, 1.165) is 67.5 Å². The van der Waals surface area contributed by atoms with Crippen LogP contribution in [0.15, 0.2) is 24.3 Å². The molecule has 0 spiro atoms. The second kappa shape index (κ2) is 10.6. The van der Waals surface area contributed by atoms with E-state index >= 15 is 0 Å².